The number of methoxy groups -OCH3 is 1. The van der Waals surface area contributed by atoms with E-state index in [-0.39, 0.29) is 5.15 Å². The highest BCUT2D eigenvalue weighted by Gasteiger charge is 2.19. The molecule has 2 heterocycles. The molecule has 6 nitrogen and oxygen atoms in total. The lowest BCUT2D eigenvalue weighted by atomic mass is 10.1. The Balaban J connectivity index is 1.71. The summed E-state index contributed by atoms with van der Waals surface area (Å²) in [7, 11) is 1.33. The van der Waals surface area contributed by atoms with Crippen molar-refractivity contribution in [1.29, 1.82) is 0 Å². The Morgan fingerprint density at radius 3 is 2.69 bits per heavy atom. The Kier molecular flexibility index (Phi) is 6.01. The molecule has 1 aromatic heterocycles. The van der Waals surface area contributed by atoms with Crippen LogP contribution in [0.4, 0.5) is 16.5 Å². The summed E-state index contributed by atoms with van der Waals surface area (Å²) in [6.45, 7) is 9.67. The molecule has 3 rings (SSSR count). The van der Waals surface area contributed by atoms with Crippen molar-refractivity contribution in [3.8, 4) is 0 Å². The van der Waals surface area contributed by atoms with Gasteiger partial charge in [0.05, 0.1) is 7.11 Å². The van der Waals surface area contributed by atoms with Crippen molar-refractivity contribution in [3.05, 3.63) is 33.8 Å². The maximum Gasteiger partial charge on any atom is 0.351 e. The van der Waals surface area contributed by atoms with Crippen molar-refractivity contribution >= 4 is 45.4 Å². The van der Waals surface area contributed by atoms with Crippen molar-refractivity contribution < 1.29 is 9.53 Å². The third-order valence-electron chi connectivity index (χ3n) is 4.59. The number of carbonyl (C=O) groups excluding carboxylic acids is 1. The number of aryl methyl sites for hydroxylation is 1. The van der Waals surface area contributed by atoms with E-state index in [2.05, 4.69) is 46.1 Å². The van der Waals surface area contributed by atoms with Gasteiger partial charge in [0.2, 0.25) is 0 Å². The topological polar surface area (TPSA) is 57.7 Å². The number of thiazole rings is 1. The number of nitrogens with zero attached hydrogens (tertiary/aromatic N) is 3. The van der Waals surface area contributed by atoms with E-state index in [0.29, 0.717) is 10.0 Å². The standard InChI is InChI=1S/C18H23ClN4O2S/c1-4-22-7-9-23(10-8-22)13-5-6-14(12(2)11-13)20-18-21-16(19)15(26-18)17(24)25-3/h5-6,11H,4,7-10H2,1-3H3,(H,20,21). The van der Waals surface area contributed by atoms with Crippen LogP contribution in [0.25, 0.3) is 0 Å². The quantitative estimate of drug-likeness (QED) is 0.779. The van der Waals surface area contributed by atoms with E-state index in [1.54, 1.807) is 0 Å². The summed E-state index contributed by atoms with van der Waals surface area (Å²) in [4.78, 5) is 21.0. The number of nitrogens with one attached hydrogen (secondary N) is 1. The van der Waals surface area contributed by atoms with Crippen LogP contribution < -0.4 is 10.2 Å². The summed E-state index contributed by atoms with van der Waals surface area (Å²) in [5.41, 5.74) is 3.30. The summed E-state index contributed by atoms with van der Waals surface area (Å²) in [6.07, 6.45) is 0. The van der Waals surface area contributed by atoms with Crippen LogP contribution in [0.15, 0.2) is 18.2 Å². The van der Waals surface area contributed by atoms with E-state index < -0.39 is 5.97 Å². The van der Waals surface area contributed by atoms with Crippen molar-refractivity contribution in [2.75, 3.05) is 50.1 Å². The van der Waals surface area contributed by atoms with Crippen LogP contribution in [0.5, 0.6) is 0 Å². The minimum Gasteiger partial charge on any atom is -0.465 e. The second-order valence-electron chi connectivity index (χ2n) is 6.18. The molecule has 1 aromatic carbocycles. The van der Waals surface area contributed by atoms with Gasteiger partial charge >= 0.3 is 5.97 Å². The molecule has 8 heteroatoms. The molecule has 0 unspecified atom stereocenters. The molecule has 1 fully saturated rings. The fourth-order valence-corrected chi connectivity index (χ4v) is 4.11. The van der Waals surface area contributed by atoms with Gasteiger partial charge in [-0.3, -0.25) is 0 Å². The SMILES string of the molecule is CCN1CCN(c2ccc(Nc3nc(Cl)c(C(=O)OC)s3)c(C)c2)CC1. The fraction of sp³-hybridized carbons (Fsp3) is 0.444. The monoisotopic (exact) mass is 394 g/mol. The molecule has 0 radical (unpaired) electrons. The molecule has 0 atom stereocenters. The number of rotatable bonds is 5. The number of carbonyl (C=O) groups is 1. The van der Waals surface area contributed by atoms with Crippen molar-refractivity contribution in [1.82, 2.24) is 9.88 Å². The van der Waals surface area contributed by atoms with Crippen LogP contribution in [0.3, 0.4) is 0 Å². The first-order chi connectivity index (χ1) is 12.5. The van der Waals surface area contributed by atoms with Crippen LogP contribution >= 0.6 is 22.9 Å². The first-order valence-electron chi connectivity index (χ1n) is 8.61. The predicted octanol–water partition coefficient (Wildman–Crippen LogP) is 3.78. The number of esters is 1. The number of anilines is 3. The molecule has 1 aliphatic rings. The van der Waals surface area contributed by atoms with Gasteiger partial charge in [-0.25, -0.2) is 9.78 Å². The molecule has 1 N–H and O–H groups in total. The molecule has 26 heavy (non-hydrogen) atoms. The van der Waals surface area contributed by atoms with Gasteiger partial charge < -0.3 is 19.9 Å². The zero-order valence-corrected chi connectivity index (χ0v) is 16.8. The van der Waals surface area contributed by atoms with Crippen LogP contribution in [0, 0.1) is 6.92 Å². The van der Waals surface area contributed by atoms with E-state index >= 15 is 0 Å². The average Bonchev–Trinajstić information content (AvgIpc) is 3.03. The highest BCUT2D eigenvalue weighted by Crippen LogP contribution is 2.32. The average molecular weight is 395 g/mol. The third kappa shape index (κ3) is 4.11. The van der Waals surface area contributed by atoms with Crippen molar-refractivity contribution in [2.45, 2.75) is 13.8 Å². The summed E-state index contributed by atoms with van der Waals surface area (Å²) in [6, 6.07) is 6.34. The largest absolute Gasteiger partial charge is 0.465 e. The van der Waals surface area contributed by atoms with Gasteiger partial charge in [-0.1, -0.05) is 29.9 Å². The number of hydrogen-bond acceptors (Lipinski definition) is 7. The first-order valence-corrected chi connectivity index (χ1v) is 9.81. The predicted molar refractivity (Wildman–Crippen MR) is 107 cm³/mol. The Hall–Kier alpha value is -1.83. The summed E-state index contributed by atoms with van der Waals surface area (Å²) < 4.78 is 4.71. The van der Waals surface area contributed by atoms with Crippen LogP contribution in [0.2, 0.25) is 5.15 Å². The van der Waals surface area contributed by atoms with E-state index in [0.717, 1.165) is 44.0 Å². The van der Waals surface area contributed by atoms with E-state index in [1.807, 2.05) is 6.07 Å². The van der Waals surface area contributed by atoms with Gasteiger partial charge in [0.1, 0.15) is 0 Å². The van der Waals surface area contributed by atoms with Crippen LogP contribution in [0.1, 0.15) is 22.2 Å². The number of benzene rings is 1. The van der Waals surface area contributed by atoms with Crippen LogP contribution in [-0.4, -0.2) is 55.7 Å². The lowest BCUT2D eigenvalue weighted by Crippen LogP contribution is -2.46. The molecule has 0 spiro atoms. The Labute approximate surface area is 162 Å². The minimum absolute atomic E-state index is 0.160. The number of halogens is 1. The number of ether oxygens (including phenoxy) is 1. The van der Waals surface area contributed by atoms with Gasteiger partial charge in [0.25, 0.3) is 0 Å². The van der Waals surface area contributed by atoms with Gasteiger partial charge in [-0.05, 0) is 37.2 Å². The molecule has 140 valence electrons. The maximum atomic E-state index is 11.7. The molecule has 2 aromatic rings. The lowest BCUT2D eigenvalue weighted by molar-refractivity contribution is 0.0606. The molecule has 0 saturated carbocycles. The van der Waals surface area contributed by atoms with Gasteiger partial charge in [-0.2, -0.15) is 0 Å². The molecule has 0 amide bonds. The summed E-state index contributed by atoms with van der Waals surface area (Å²) in [5, 5.41) is 3.98. The zero-order valence-electron chi connectivity index (χ0n) is 15.2. The van der Waals surface area contributed by atoms with E-state index in [1.165, 1.54) is 24.1 Å². The molecule has 1 aliphatic heterocycles. The molecule has 0 aliphatic carbocycles. The molecule has 0 bridgehead atoms. The second kappa shape index (κ2) is 8.24. The highest BCUT2D eigenvalue weighted by molar-refractivity contribution is 7.18. The Morgan fingerprint density at radius 1 is 1.35 bits per heavy atom. The Morgan fingerprint density at radius 2 is 2.08 bits per heavy atom. The number of piperazine rings is 1. The van der Waals surface area contributed by atoms with Crippen LogP contribution in [-0.2, 0) is 4.74 Å². The maximum absolute atomic E-state index is 11.7. The van der Waals surface area contributed by atoms with Crippen molar-refractivity contribution in [3.63, 3.8) is 0 Å². The summed E-state index contributed by atoms with van der Waals surface area (Å²) >= 11 is 7.21. The second-order valence-corrected chi connectivity index (χ2v) is 7.53. The highest BCUT2D eigenvalue weighted by atomic mass is 35.5. The lowest BCUT2D eigenvalue weighted by Gasteiger charge is -2.35. The Bertz CT molecular complexity index is 787. The number of hydrogen-bond donors (Lipinski definition) is 1. The minimum atomic E-state index is -0.473. The zero-order chi connectivity index (χ0) is 18.7. The smallest absolute Gasteiger partial charge is 0.351 e. The fourth-order valence-electron chi connectivity index (χ4n) is 3.00. The third-order valence-corrected chi connectivity index (χ3v) is 5.93. The van der Waals surface area contributed by atoms with Crippen molar-refractivity contribution in [2.24, 2.45) is 0 Å². The number of likely N-dealkylation sites (N-methyl/N-ethyl adjacent to an activating group) is 1. The number of aromatic nitrogens is 1. The van der Waals surface area contributed by atoms with E-state index in [4.69, 9.17) is 16.3 Å². The normalized spacial score (nSPS) is 15.2. The summed E-state index contributed by atoms with van der Waals surface area (Å²) in [5.74, 6) is -0.473. The first kappa shape index (κ1) is 18.9. The van der Waals surface area contributed by atoms with Gasteiger partial charge in [-0.15, -0.1) is 0 Å². The van der Waals surface area contributed by atoms with Gasteiger partial charge in [0.15, 0.2) is 15.2 Å². The van der Waals surface area contributed by atoms with E-state index in [9.17, 15) is 4.79 Å². The molecule has 1 saturated heterocycles. The molecular formula is C18H23ClN4O2S. The molecular weight excluding hydrogens is 372 g/mol. The van der Waals surface area contributed by atoms with Gasteiger partial charge in [0, 0.05) is 37.6 Å².